The molecular weight excluding hydrogens is 344 g/mol. The maximum absolute atomic E-state index is 12.4. The van der Waals surface area contributed by atoms with Crippen molar-refractivity contribution in [3.63, 3.8) is 0 Å². The zero-order chi connectivity index (χ0) is 19.2. The Morgan fingerprint density at radius 2 is 1.67 bits per heavy atom. The Kier molecular flexibility index (Phi) is 5.96. The summed E-state index contributed by atoms with van der Waals surface area (Å²) in [6, 6.07) is 12.3. The molecule has 0 aliphatic carbocycles. The van der Waals surface area contributed by atoms with Gasteiger partial charge in [-0.25, -0.2) is 0 Å². The van der Waals surface area contributed by atoms with E-state index < -0.39 is 0 Å². The molecule has 0 spiro atoms. The third-order valence-corrected chi connectivity index (χ3v) is 4.28. The lowest BCUT2D eigenvalue weighted by Gasteiger charge is -2.09. The van der Waals surface area contributed by atoms with Crippen molar-refractivity contribution < 1.29 is 19.1 Å². The molecule has 142 valence electrons. The third kappa shape index (κ3) is 5.00. The summed E-state index contributed by atoms with van der Waals surface area (Å²) in [5.74, 6) is 1.52. The van der Waals surface area contributed by atoms with Crippen molar-refractivity contribution >= 4 is 11.8 Å². The standard InChI is InChI=1S/C21H24N2O4/c1-14(2)8-9-22-20(24)16-4-3-5-17(11-16)21(25)23-12-15-6-7-18-19(10-15)27-13-26-18/h3-7,10-11,14H,8-9,12-13H2,1-2H3,(H,22,24)(H,23,25). The molecule has 6 nitrogen and oxygen atoms in total. The van der Waals surface area contributed by atoms with Gasteiger partial charge in [0.15, 0.2) is 11.5 Å². The molecule has 2 amide bonds. The van der Waals surface area contributed by atoms with Crippen molar-refractivity contribution in [2.75, 3.05) is 13.3 Å². The van der Waals surface area contributed by atoms with Crippen LogP contribution in [0.1, 0.15) is 46.5 Å². The van der Waals surface area contributed by atoms with Crippen LogP contribution in [0.4, 0.5) is 0 Å². The molecule has 0 bridgehead atoms. The summed E-state index contributed by atoms with van der Waals surface area (Å²) in [6.07, 6.45) is 0.918. The highest BCUT2D eigenvalue weighted by Crippen LogP contribution is 2.32. The largest absolute Gasteiger partial charge is 0.454 e. The Morgan fingerprint density at radius 1 is 0.963 bits per heavy atom. The summed E-state index contributed by atoms with van der Waals surface area (Å²) in [5.41, 5.74) is 1.84. The van der Waals surface area contributed by atoms with Crippen LogP contribution in [0.25, 0.3) is 0 Å². The zero-order valence-corrected chi connectivity index (χ0v) is 15.6. The molecular formula is C21H24N2O4. The minimum Gasteiger partial charge on any atom is -0.454 e. The van der Waals surface area contributed by atoms with Gasteiger partial charge in [0, 0.05) is 24.2 Å². The van der Waals surface area contributed by atoms with Gasteiger partial charge in [0.05, 0.1) is 0 Å². The molecule has 0 saturated carbocycles. The van der Waals surface area contributed by atoms with Crippen LogP contribution >= 0.6 is 0 Å². The molecule has 2 aromatic carbocycles. The maximum atomic E-state index is 12.4. The number of amides is 2. The number of hydrogen-bond acceptors (Lipinski definition) is 4. The Balaban J connectivity index is 1.57. The van der Waals surface area contributed by atoms with E-state index >= 15 is 0 Å². The average Bonchev–Trinajstić information content (AvgIpc) is 3.13. The summed E-state index contributed by atoms with van der Waals surface area (Å²) >= 11 is 0. The topological polar surface area (TPSA) is 76.7 Å². The molecule has 2 aromatic rings. The van der Waals surface area contributed by atoms with Gasteiger partial charge in [0.2, 0.25) is 6.79 Å². The van der Waals surface area contributed by atoms with Crippen LogP contribution in [-0.2, 0) is 6.54 Å². The second-order valence-corrected chi connectivity index (χ2v) is 6.89. The van der Waals surface area contributed by atoms with E-state index in [1.807, 2.05) is 18.2 Å². The second kappa shape index (κ2) is 8.58. The molecule has 27 heavy (non-hydrogen) atoms. The normalized spacial score (nSPS) is 12.1. The fourth-order valence-electron chi connectivity index (χ4n) is 2.71. The molecule has 1 heterocycles. The highest BCUT2D eigenvalue weighted by atomic mass is 16.7. The number of benzene rings is 2. The summed E-state index contributed by atoms with van der Waals surface area (Å²) in [5, 5.41) is 5.75. The summed E-state index contributed by atoms with van der Waals surface area (Å²) in [7, 11) is 0. The van der Waals surface area contributed by atoms with Gasteiger partial charge in [0.25, 0.3) is 11.8 Å². The number of fused-ring (bicyclic) bond motifs is 1. The van der Waals surface area contributed by atoms with Crippen molar-refractivity contribution in [3.8, 4) is 11.5 Å². The van der Waals surface area contributed by atoms with Crippen molar-refractivity contribution in [1.29, 1.82) is 0 Å². The van der Waals surface area contributed by atoms with Crippen LogP contribution in [0.3, 0.4) is 0 Å². The predicted octanol–water partition coefficient (Wildman–Crippen LogP) is 3.12. The van der Waals surface area contributed by atoms with Crippen molar-refractivity contribution in [2.45, 2.75) is 26.8 Å². The second-order valence-electron chi connectivity index (χ2n) is 6.89. The molecule has 2 N–H and O–H groups in total. The monoisotopic (exact) mass is 368 g/mol. The van der Waals surface area contributed by atoms with E-state index in [9.17, 15) is 9.59 Å². The first kappa shape index (κ1) is 18.8. The summed E-state index contributed by atoms with van der Waals surface area (Å²) in [6.45, 7) is 5.42. The minimum atomic E-state index is -0.232. The zero-order valence-electron chi connectivity index (χ0n) is 15.6. The van der Waals surface area contributed by atoms with Crippen LogP contribution in [0.2, 0.25) is 0 Å². The first-order valence-corrected chi connectivity index (χ1v) is 9.08. The molecule has 0 saturated heterocycles. The number of hydrogen-bond donors (Lipinski definition) is 2. The predicted molar refractivity (Wildman–Crippen MR) is 102 cm³/mol. The molecule has 1 aliphatic heterocycles. The van der Waals surface area contributed by atoms with Crippen molar-refractivity contribution in [2.24, 2.45) is 5.92 Å². The van der Waals surface area contributed by atoms with E-state index in [1.54, 1.807) is 24.3 Å². The van der Waals surface area contributed by atoms with Crippen LogP contribution in [0.15, 0.2) is 42.5 Å². The third-order valence-electron chi connectivity index (χ3n) is 4.28. The van der Waals surface area contributed by atoms with Gasteiger partial charge < -0.3 is 20.1 Å². The Labute approximate surface area is 158 Å². The van der Waals surface area contributed by atoms with Crippen LogP contribution < -0.4 is 20.1 Å². The van der Waals surface area contributed by atoms with Crippen LogP contribution in [0.5, 0.6) is 11.5 Å². The van der Waals surface area contributed by atoms with Gasteiger partial charge in [-0.15, -0.1) is 0 Å². The lowest BCUT2D eigenvalue weighted by Crippen LogP contribution is -2.26. The van der Waals surface area contributed by atoms with Gasteiger partial charge in [-0.3, -0.25) is 9.59 Å². The molecule has 0 aromatic heterocycles. The molecule has 0 fully saturated rings. The lowest BCUT2D eigenvalue weighted by atomic mass is 10.1. The molecule has 0 unspecified atom stereocenters. The number of carbonyl (C=O) groups is 2. The summed E-state index contributed by atoms with van der Waals surface area (Å²) in [4.78, 5) is 24.7. The van der Waals surface area contributed by atoms with Gasteiger partial charge >= 0.3 is 0 Å². The van der Waals surface area contributed by atoms with Crippen molar-refractivity contribution in [1.82, 2.24) is 10.6 Å². The smallest absolute Gasteiger partial charge is 0.251 e. The Hall–Kier alpha value is -3.02. The van der Waals surface area contributed by atoms with E-state index in [1.165, 1.54) is 0 Å². The quantitative estimate of drug-likeness (QED) is 0.787. The maximum Gasteiger partial charge on any atom is 0.251 e. The number of carbonyl (C=O) groups excluding carboxylic acids is 2. The molecule has 6 heteroatoms. The number of ether oxygens (including phenoxy) is 2. The summed E-state index contributed by atoms with van der Waals surface area (Å²) < 4.78 is 10.6. The number of nitrogens with one attached hydrogen (secondary N) is 2. The van der Waals surface area contributed by atoms with Crippen LogP contribution in [-0.4, -0.2) is 25.2 Å². The van der Waals surface area contributed by atoms with Crippen molar-refractivity contribution in [3.05, 3.63) is 59.2 Å². The molecule has 3 rings (SSSR count). The van der Waals surface area contributed by atoms with Gasteiger partial charge in [-0.1, -0.05) is 26.0 Å². The van der Waals surface area contributed by atoms with E-state index in [-0.39, 0.29) is 18.6 Å². The molecule has 1 aliphatic rings. The first-order chi connectivity index (χ1) is 13.0. The van der Waals surface area contributed by atoms with Gasteiger partial charge in [-0.05, 0) is 48.2 Å². The van der Waals surface area contributed by atoms with E-state index in [0.29, 0.717) is 41.6 Å². The van der Waals surface area contributed by atoms with E-state index in [2.05, 4.69) is 24.5 Å². The van der Waals surface area contributed by atoms with E-state index in [4.69, 9.17) is 9.47 Å². The SMILES string of the molecule is CC(C)CCNC(=O)c1cccc(C(=O)NCc2ccc3c(c2)OCO3)c1. The average molecular weight is 368 g/mol. The first-order valence-electron chi connectivity index (χ1n) is 9.08. The van der Waals surface area contributed by atoms with Gasteiger partial charge in [-0.2, -0.15) is 0 Å². The number of rotatable bonds is 7. The molecule has 0 atom stereocenters. The van der Waals surface area contributed by atoms with Gasteiger partial charge in [0.1, 0.15) is 0 Å². The minimum absolute atomic E-state index is 0.166. The Bertz CT molecular complexity index is 833. The van der Waals surface area contributed by atoms with Crippen LogP contribution in [0, 0.1) is 5.92 Å². The Morgan fingerprint density at radius 3 is 2.41 bits per heavy atom. The van der Waals surface area contributed by atoms with E-state index in [0.717, 1.165) is 12.0 Å². The lowest BCUT2D eigenvalue weighted by molar-refractivity contribution is 0.0950. The fraction of sp³-hybridized carbons (Fsp3) is 0.333. The molecule has 0 radical (unpaired) electrons. The highest BCUT2D eigenvalue weighted by molar-refractivity contribution is 5.99. The fourth-order valence-corrected chi connectivity index (χ4v) is 2.71. The highest BCUT2D eigenvalue weighted by Gasteiger charge is 2.14.